The van der Waals surface area contributed by atoms with E-state index in [1.54, 1.807) is 0 Å². The number of esters is 1. The third-order valence-electron chi connectivity index (χ3n) is 2.38. The molecule has 1 aromatic carbocycles. The lowest BCUT2D eigenvalue weighted by Gasteiger charge is -2.19. The lowest BCUT2D eigenvalue weighted by Crippen LogP contribution is -2.30. The zero-order chi connectivity index (χ0) is 13.7. The third-order valence-corrected chi connectivity index (χ3v) is 2.38. The number of benzene rings is 1. The van der Waals surface area contributed by atoms with Crippen LogP contribution in [0.2, 0.25) is 0 Å². The Bertz CT molecular complexity index is 409. The smallest absolute Gasteiger partial charge is 0.338 e. The van der Waals surface area contributed by atoms with Crippen molar-refractivity contribution in [3.05, 3.63) is 35.4 Å². The van der Waals surface area contributed by atoms with Crippen LogP contribution in [0.15, 0.2) is 24.3 Å². The highest BCUT2D eigenvalue weighted by molar-refractivity contribution is 5.75. The van der Waals surface area contributed by atoms with Crippen molar-refractivity contribution in [2.75, 3.05) is 6.61 Å². The lowest BCUT2D eigenvalue weighted by atomic mass is 9.99. The Morgan fingerprint density at radius 3 is 2.33 bits per heavy atom. The van der Waals surface area contributed by atoms with Crippen LogP contribution in [0.1, 0.15) is 30.6 Å². The zero-order valence-electron chi connectivity index (χ0n) is 9.72. The maximum Gasteiger partial charge on any atom is 0.338 e. The van der Waals surface area contributed by atoms with Crippen LogP contribution in [0, 0.1) is 0 Å². The largest absolute Gasteiger partial charge is 0.464 e. The summed E-state index contributed by atoms with van der Waals surface area (Å²) in [6.45, 7) is 1.56. The van der Waals surface area contributed by atoms with E-state index in [2.05, 4.69) is 4.74 Å². The molecule has 0 aliphatic rings. The number of rotatable bonds is 5. The first-order valence-electron chi connectivity index (χ1n) is 5.38. The molecule has 100 valence electrons. The fourth-order valence-corrected chi connectivity index (χ4v) is 1.51. The summed E-state index contributed by atoms with van der Waals surface area (Å²) in [5.41, 5.74) is -0.610. The van der Waals surface area contributed by atoms with E-state index in [0.717, 1.165) is 6.07 Å². The van der Waals surface area contributed by atoms with E-state index in [0.29, 0.717) is 0 Å². The van der Waals surface area contributed by atoms with Crippen molar-refractivity contribution in [3.63, 3.8) is 0 Å². The maximum atomic E-state index is 12.7. The number of alkyl halides is 2. The molecular formula is C12H14F2O4. The van der Waals surface area contributed by atoms with Crippen molar-refractivity contribution < 1.29 is 28.5 Å². The average Bonchev–Trinajstić information content (AvgIpc) is 2.37. The summed E-state index contributed by atoms with van der Waals surface area (Å²) in [6, 6.07) is 5.17. The first-order chi connectivity index (χ1) is 8.49. The fourth-order valence-electron chi connectivity index (χ4n) is 1.51. The van der Waals surface area contributed by atoms with E-state index in [4.69, 9.17) is 0 Å². The number of hydrogen-bond acceptors (Lipinski definition) is 4. The first-order valence-corrected chi connectivity index (χ1v) is 5.38. The summed E-state index contributed by atoms with van der Waals surface area (Å²) in [7, 11) is 0. The molecule has 0 heterocycles. The molecule has 4 nitrogen and oxygen atoms in total. The molecule has 2 unspecified atom stereocenters. The Balaban J connectivity index is 2.96. The molecule has 0 fully saturated rings. The van der Waals surface area contributed by atoms with E-state index < -0.39 is 30.2 Å². The summed E-state index contributed by atoms with van der Waals surface area (Å²) < 4.78 is 29.9. The molecule has 1 rings (SSSR count). The molecule has 0 aromatic heterocycles. The molecule has 0 radical (unpaired) electrons. The van der Waals surface area contributed by atoms with Gasteiger partial charge in [0.05, 0.1) is 6.61 Å². The standard InChI is InChI=1S/C12H14F2O4/c1-2-18-12(17)10(16)9(15)7-5-3-4-6-8(7)11(13)14/h3-6,9-11,15-16H,2H2,1H3. The number of aliphatic hydroxyl groups excluding tert-OH is 2. The van der Waals surface area contributed by atoms with Gasteiger partial charge in [-0.2, -0.15) is 0 Å². The van der Waals surface area contributed by atoms with Crippen molar-refractivity contribution in [1.29, 1.82) is 0 Å². The molecule has 0 saturated carbocycles. The van der Waals surface area contributed by atoms with E-state index in [9.17, 15) is 23.8 Å². The molecule has 0 saturated heterocycles. The van der Waals surface area contributed by atoms with Gasteiger partial charge >= 0.3 is 5.97 Å². The van der Waals surface area contributed by atoms with Gasteiger partial charge in [-0.1, -0.05) is 24.3 Å². The topological polar surface area (TPSA) is 66.8 Å². The minimum absolute atomic E-state index is 0.0269. The Kier molecular flexibility index (Phi) is 5.18. The minimum atomic E-state index is -2.80. The van der Waals surface area contributed by atoms with Crippen LogP contribution in [0.5, 0.6) is 0 Å². The quantitative estimate of drug-likeness (QED) is 0.789. The Labute approximate surface area is 103 Å². The third kappa shape index (κ3) is 3.24. The molecular weight excluding hydrogens is 246 g/mol. The Morgan fingerprint density at radius 1 is 1.28 bits per heavy atom. The molecule has 0 spiro atoms. The van der Waals surface area contributed by atoms with Crippen LogP contribution in [-0.2, 0) is 9.53 Å². The second-order valence-electron chi connectivity index (χ2n) is 3.57. The van der Waals surface area contributed by atoms with Crippen molar-refractivity contribution in [1.82, 2.24) is 0 Å². The molecule has 1 aromatic rings. The van der Waals surface area contributed by atoms with Crippen molar-refractivity contribution >= 4 is 5.97 Å². The van der Waals surface area contributed by atoms with Gasteiger partial charge in [-0.25, -0.2) is 13.6 Å². The molecule has 2 N–H and O–H groups in total. The highest BCUT2D eigenvalue weighted by Gasteiger charge is 2.29. The molecule has 0 aliphatic heterocycles. The second kappa shape index (κ2) is 6.42. The van der Waals surface area contributed by atoms with Crippen molar-refractivity contribution in [2.45, 2.75) is 25.6 Å². The Hall–Kier alpha value is -1.53. The van der Waals surface area contributed by atoms with Crippen LogP contribution in [0.4, 0.5) is 8.78 Å². The van der Waals surface area contributed by atoms with Crippen LogP contribution in [-0.4, -0.2) is 28.9 Å². The van der Waals surface area contributed by atoms with Crippen LogP contribution < -0.4 is 0 Å². The summed E-state index contributed by atoms with van der Waals surface area (Å²) in [6.07, 6.45) is -6.43. The van der Waals surface area contributed by atoms with Gasteiger partial charge in [-0.3, -0.25) is 0 Å². The summed E-state index contributed by atoms with van der Waals surface area (Å²) in [5.74, 6) is -1.05. The molecule has 2 atom stereocenters. The number of carbonyl (C=O) groups is 1. The number of aliphatic hydroxyl groups is 2. The summed E-state index contributed by atoms with van der Waals surface area (Å²) >= 11 is 0. The molecule has 6 heteroatoms. The van der Waals surface area contributed by atoms with Gasteiger partial charge in [0.15, 0.2) is 6.10 Å². The van der Waals surface area contributed by atoms with Crippen LogP contribution >= 0.6 is 0 Å². The zero-order valence-corrected chi connectivity index (χ0v) is 9.72. The summed E-state index contributed by atoms with van der Waals surface area (Å²) in [5, 5.41) is 19.2. The highest BCUT2D eigenvalue weighted by Crippen LogP contribution is 2.29. The predicted molar refractivity (Wildman–Crippen MR) is 59.0 cm³/mol. The maximum absolute atomic E-state index is 12.7. The number of hydrogen-bond donors (Lipinski definition) is 2. The SMILES string of the molecule is CCOC(=O)C(O)C(O)c1ccccc1C(F)F. The average molecular weight is 260 g/mol. The molecule has 0 bridgehead atoms. The fraction of sp³-hybridized carbons (Fsp3) is 0.417. The second-order valence-corrected chi connectivity index (χ2v) is 3.57. The van der Waals surface area contributed by atoms with Gasteiger partial charge < -0.3 is 14.9 Å². The van der Waals surface area contributed by atoms with Crippen molar-refractivity contribution in [3.8, 4) is 0 Å². The first kappa shape index (κ1) is 14.5. The minimum Gasteiger partial charge on any atom is -0.464 e. The van der Waals surface area contributed by atoms with Crippen LogP contribution in [0.25, 0.3) is 0 Å². The van der Waals surface area contributed by atoms with Gasteiger partial charge in [-0.15, -0.1) is 0 Å². The monoisotopic (exact) mass is 260 g/mol. The highest BCUT2D eigenvalue weighted by atomic mass is 19.3. The number of halogens is 2. The van der Waals surface area contributed by atoms with Crippen LogP contribution in [0.3, 0.4) is 0 Å². The molecule has 18 heavy (non-hydrogen) atoms. The van der Waals surface area contributed by atoms with Gasteiger partial charge in [0, 0.05) is 5.56 Å². The normalized spacial score (nSPS) is 14.3. The van der Waals surface area contributed by atoms with E-state index in [-0.39, 0.29) is 12.2 Å². The number of ether oxygens (including phenoxy) is 1. The number of carbonyl (C=O) groups excluding carboxylic acids is 1. The predicted octanol–water partition coefficient (Wildman–Crippen LogP) is 1.58. The van der Waals surface area contributed by atoms with Gasteiger partial charge in [0.1, 0.15) is 6.10 Å². The van der Waals surface area contributed by atoms with E-state index in [1.165, 1.54) is 25.1 Å². The molecule has 0 aliphatic carbocycles. The van der Waals surface area contributed by atoms with Gasteiger partial charge in [0.25, 0.3) is 6.43 Å². The lowest BCUT2D eigenvalue weighted by molar-refractivity contribution is -0.159. The Morgan fingerprint density at radius 2 is 1.83 bits per heavy atom. The van der Waals surface area contributed by atoms with E-state index >= 15 is 0 Å². The van der Waals surface area contributed by atoms with E-state index in [1.807, 2.05) is 0 Å². The summed E-state index contributed by atoms with van der Waals surface area (Å²) in [4.78, 5) is 11.2. The van der Waals surface area contributed by atoms with Gasteiger partial charge in [0.2, 0.25) is 0 Å². The molecule has 0 amide bonds. The van der Waals surface area contributed by atoms with Crippen molar-refractivity contribution in [2.24, 2.45) is 0 Å². The van der Waals surface area contributed by atoms with Gasteiger partial charge in [-0.05, 0) is 12.5 Å².